The Morgan fingerprint density at radius 2 is 1.92 bits per heavy atom. The van der Waals surface area contributed by atoms with Crippen molar-refractivity contribution >= 4 is 12.4 Å². The van der Waals surface area contributed by atoms with Crippen LogP contribution in [0.15, 0.2) is 36.4 Å². The van der Waals surface area contributed by atoms with Gasteiger partial charge in [-0.1, -0.05) is 19.1 Å². The molecule has 0 saturated carbocycles. The summed E-state index contributed by atoms with van der Waals surface area (Å²) in [5.74, 6) is 1.99. The lowest BCUT2D eigenvalue weighted by molar-refractivity contribution is -0.104. The van der Waals surface area contributed by atoms with Gasteiger partial charge in [-0.3, -0.25) is 4.79 Å². The topological polar surface area (TPSA) is 65.0 Å². The lowest BCUT2D eigenvalue weighted by Gasteiger charge is -2.19. The van der Waals surface area contributed by atoms with Crippen LogP contribution in [-0.4, -0.2) is 25.6 Å². The normalized spacial score (nSPS) is 18.4. The average Bonchev–Trinajstić information content (AvgIpc) is 3.04. The molecule has 0 aromatic heterocycles. The van der Waals surface area contributed by atoms with E-state index in [1.165, 1.54) is 13.2 Å². The second kappa shape index (κ2) is 7.52. The predicted molar refractivity (Wildman–Crippen MR) is 99.2 cm³/mol. The van der Waals surface area contributed by atoms with Gasteiger partial charge in [-0.2, -0.15) is 0 Å². The zero-order valence-electron chi connectivity index (χ0n) is 15.1. The molecule has 136 valence electrons. The molecule has 1 aliphatic heterocycles. The van der Waals surface area contributed by atoms with Crippen LogP contribution in [-0.2, 0) is 4.79 Å². The van der Waals surface area contributed by atoms with Gasteiger partial charge in [0, 0.05) is 11.5 Å². The second-order valence-corrected chi connectivity index (χ2v) is 6.12. The SMILES string of the molecule is CC[C@@H]1c2cc(/C=C/C=O)cc(OC)c2O[C@H]1c1ccc(O)c(OC)c1. The summed E-state index contributed by atoms with van der Waals surface area (Å²) in [6, 6.07) is 9.14. The maximum atomic E-state index is 10.6. The van der Waals surface area contributed by atoms with E-state index in [-0.39, 0.29) is 17.8 Å². The van der Waals surface area contributed by atoms with Crippen LogP contribution in [0.4, 0.5) is 0 Å². The molecule has 5 nitrogen and oxygen atoms in total. The average molecular weight is 354 g/mol. The molecule has 1 aliphatic rings. The predicted octanol–water partition coefficient (Wildman–Crippen LogP) is 4.25. The van der Waals surface area contributed by atoms with Crippen LogP contribution in [0.25, 0.3) is 6.08 Å². The fourth-order valence-electron chi connectivity index (χ4n) is 3.42. The van der Waals surface area contributed by atoms with Gasteiger partial charge in [-0.05, 0) is 47.9 Å². The smallest absolute Gasteiger partial charge is 0.165 e. The summed E-state index contributed by atoms with van der Waals surface area (Å²) in [5.41, 5.74) is 2.86. The minimum atomic E-state index is -0.205. The zero-order chi connectivity index (χ0) is 18.7. The molecule has 0 aliphatic carbocycles. The zero-order valence-corrected chi connectivity index (χ0v) is 15.1. The molecule has 0 unspecified atom stereocenters. The number of allylic oxidation sites excluding steroid dienone is 1. The van der Waals surface area contributed by atoms with Crippen molar-refractivity contribution in [2.75, 3.05) is 14.2 Å². The highest BCUT2D eigenvalue weighted by molar-refractivity contribution is 5.75. The van der Waals surface area contributed by atoms with Gasteiger partial charge in [0.15, 0.2) is 23.0 Å². The summed E-state index contributed by atoms with van der Waals surface area (Å²) in [6.45, 7) is 2.11. The van der Waals surface area contributed by atoms with E-state index in [1.807, 2.05) is 18.2 Å². The number of carbonyl (C=O) groups is 1. The number of aldehydes is 1. The molecule has 0 spiro atoms. The highest BCUT2D eigenvalue weighted by Crippen LogP contribution is 2.52. The number of hydrogen-bond donors (Lipinski definition) is 1. The van der Waals surface area contributed by atoms with Gasteiger partial charge in [0.05, 0.1) is 14.2 Å². The Balaban J connectivity index is 2.06. The third-order valence-electron chi connectivity index (χ3n) is 4.67. The molecule has 0 amide bonds. The number of phenols is 1. The van der Waals surface area contributed by atoms with Gasteiger partial charge in [-0.25, -0.2) is 0 Å². The number of aromatic hydroxyl groups is 1. The largest absolute Gasteiger partial charge is 0.504 e. The number of fused-ring (bicyclic) bond motifs is 1. The van der Waals surface area contributed by atoms with E-state index in [1.54, 1.807) is 25.3 Å². The third-order valence-corrected chi connectivity index (χ3v) is 4.67. The summed E-state index contributed by atoms with van der Waals surface area (Å²) in [4.78, 5) is 10.6. The molecule has 0 fully saturated rings. The Labute approximate surface area is 152 Å². The van der Waals surface area contributed by atoms with E-state index in [0.717, 1.165) is 35.1 Å². The number of carbonyl (C=O) groups excluding carboxylic acids is 1. The Morgan fingerprint density at radius 3 is 2.58 bits per heavy atom. The van der Waals surface area contributed by atoms with Gasteiger partial charge in [0.25, 0.3) is 0 Å². The van der Waals surface area contributed by atoms with E-state index in [4.69, 9.17) is 14.2 Å². The summed E-state index contributed by atoms with van der Waals surface area (Å²) >= 11 is 0. The number of rotatable bonds is 6. The van der Waals surface area contributed by atoms with Crippen LogP contribution in [0.1, 0.15) is 42.1 Å². The first-order valence-corrected chi connectivity index (χ1v) is 8.50. The van der Waals surface area contributed by atoms with Crippen LogP contribution in [0.3, 0.4) is 0 Å². The summed E-state index contributed by atoms with van der Waals surface area (Å²) in [5, 5.41) is 9.85. The van der Waals surface area contributed by atoms with E-state index in [9.17, 15) is 9.90 Å². The monoisotopic (exact) mass is 354 g/mol. The van der Waals surface area contributed by atoms with Crippen molar-refractivity contribution in [2.24, 2.45) is 0 Å². The van der Waals surface area contributed by atoms with Crippen LogP contribution in [0.2, 0.25) is 0 Å². The molecule has 3 rings (SSSR count). The van der Waals surface area contributed by atoms with Crippen molar-refractivity contribution in [3.63, 3.8) is 0 Å². The molecule has 1 heterocycles. The Hall–Kier alpha value is -2.95. The maximum Gasteiger partial charge on any atom is 0.165 e. The van der Waals surface area contributed by atoms with Crippen molar-refractivity contribution in [3.8, 4) is 23.0 Å². The van der Waals surface area contributed by atoms with E-state index in [0.29, 0.717) is 11.5 Å². The molecule has 0 saturated heterocycles. The molecule has 26 heavy (non-hydrogen) atoms. The van der Waals surface area contributed by atoms with Crippen LogP contribution < -0.4 is 14.2 Å². The first-order chi connectivity index (χ1) is 12.6. The Bertz CT molecular complexity index is 841. The minimum absolute atomic E-state index is 0.0960. The number of hydrogen-bond acceptors (Lipinski definition) is 5. The number of methoxy groups -OCH3 is 2. The Kier molecular flexibility index (Phi) is 5.16. The molecule has 2 aromatic carbocycles. The van der Waals surface area contributed by atoms with Gasteiger partial charge in [-0.15, -0.1) is 0 Å². The highest BCUT2D eigenvalue weighted by Gasteiger charge is 2.37. The molecular formula is C21H22O5. The summed E-state index contributed by atoms with van der Waals surface area (Å²) in [7, 11) is 3.12. The van der Waals surface area contributed by atoms with Crippen molar-refractivity contribution in [1.29, 1.82) is 0 Å². The first-order valence-electron chi connectivity index (χ1n) is 8.50. The number of ether oxygens (including phenoxy) is 3. The van der Waals surface area contributed by atoms with Gasteiger partial charge < -0.3 is 19.3 Å². The standard InChI is InChI=1S/C21H22O5/c1-4-15-16-10-13(6-5-9-22)11-19(25-3)21(16)26-20(15)14-7-8-17(23)18(12-14)24-2/h5-12,15,20,23H,4H2,1-3H3/b6-5+/t15-,20+/m1/s1. The molecule has 2 aromatic rings. The minimum Gasteiger partial charge on any atom is -0.504 e. The number of phenolic OH excluding ortho intramolecular Hbond substituents is 1. The second-order valence-electron chi connectivity index (χ2n) is 6.12. The highest BCUT2D eigenvalue weighted by atomic mass is 16.5. The van der Waals surface area contributed by atoms with E-state index in [2.05, 4.69) is 6.92 Å². The third kappa shape index (κ3) is 3.12. The molecule has 5 heteroatoms. The maximum absolute atomic E-state index is 10.6. The van der Waals surface area contributed by atoms with E-state index >= 15 is 0 Å². The lowest BCUT2D eigenvalue weighted by Crippen LogP contribution is -2.09. The molecule has 1 N–H and O–H groups in total. The van der Waals surface area contributed by atoms with Gasteiger partial charge >= 0.3 is 0 Å². The summed E-state index contributed by atoms with van der Waals surface area (Å²) in [6.07, 6.45) is 4.62. The summed E-state index contributed by atoms with van der Waals surface area (Å²) < 4.78 is 17.0. The van der Waals surface area contributed by atoms with E-state index < -0.39 is 0 Å². The van der Waals surface area contributed by atoms with Crippen molar-refractivity contribution in [2.45, 2.75) is 25.4 Å². The molecule has 0 bridgehead atoms. The van der Waals surface area contributed by atoms with Crippen LogP contribution >= 0.6 is 0 Å². The van der Waals surface area contributed by atoms with Gasteiger partial charge in [0.1, 0.15) is 12.4 Å². The number of benzene rings is 2. The van der Waals surface area contributed by atoms with Crippen molar-refractivity contribution < 1.29 is 24.1 Å². The Morgan fingerprint density at radius 1 is 1.15 bits per heavy atom. The lowest BCUT2D eigenvalue weighted by atomic mass is 9.88. The van der Waals surface area contributed by atoms with Crippen molar-refractivity contribution in [1.82, 2.24) is 0 Å². The fraction of sp³-hybridized carbons (Fsp3) is 0.286. The van der Waals surface area contributed by atoms with Crippen LogP contribution in [0.5, 0.6) is 23.0 Å². The first kappa shape index (κ1) is 17.9. The van der Waals surface area contributed by atoms with Crippen LogP contribution in [0, 0.1) is 0 Å². The molecule has 2 atom stereocenters. The quantitative estimate of drug-likeness (QED) is 0.621. The molecular weight excluding hydrogens is 332 g/mol. The van der Waals surface area contributed by atoms with Gasteiger partial charge in [0.2, 0.25) is 0 Å². The molecule has 0 radical (unpaired) electrons. The fourth-order valence-corrected chi connectivity index (χ4v) is 3.42. The van der Waals surface area contributed by atoms with Crippen molar-refractivity contribution in [3.05, 3.63) is 53.1 Å².